The first-order valence-corrected chi connectivity index (χ1v) is 10.7. The number of carbonyl (C=O) groups excluding carboxylic acids is 2. The lowest BCUT2D eigenvalue weighted by molar-refractivity contribution is -0.130. The Morgan fingerprint density at radius 2 is 1.70 bits per heavy atom. The summed E-state index contributed by atoms with van der Waals surface area (Å²) in [4.78, 5) is 25.0. The van der Waals surface area contributed by atoms with Crippen molar-refractivity contribution in [2.45, 2.75) is 30.7 Å². The molecule has 0 radical (unpaired) electrons. The molecule has 0 heterocycles. The second kappa shape index (κ2) is 7.92. The van der Waals surface area contributed by atoms with Crippen molar-refractivity contribution in [3.05, 3.63) is 71.3 Å². The summed E-state index contributed by atoms with van der Waals surface area (Å²) in [5.41, 5.74) is 1.44. The fourth-order valence-electron chi connectivity index (χ4n) is 2.62. The Bertz CT molecular complexity index is 919. The quantitative estimate of drug-likeness (QED) is 0.737. The van der Waals surface area contributed by atoms with Gasteiger partial charge in [-0.05, 0) is 30.5 Å². The van der Waals surface area contributed by atoms with Gasteiger partial charge in [-0.2, -0.15) is 0 Å². The zero-order valence-corrected chi connectivity index (χ0v) is 15.7. The largest absolute Gasteiger partial charge is 0.444 e. The van der Waals surface area contributed by atoms with Gasteiger partial charge in [0.1, 0.15) is 0 Å². The normalized spacial score (nSPS) is 15.0. The molecular formula is C20H21NO5S. The predicted molar refractivity (Wildman–Crippen MR) is 101 cm³/mol. The Kier molecular flexibility index (Phi) is 5.60. The highest BCUT2D eigenvalue weighted by Crippen LogP contribution is 2.24. The summed E-state index contributed by atoms with van der Waals surface area (Å²) in [6.45, 7) is 0. The monoisotopic (exact) mass is 387 g/mol. The molecule has 0 bridgehead atoms. The van der Waals surface area contributed by atoms with E-state index in [1.54, 1.807) is 36.4 Å². The van der Waals surface area contributed by atoms with E-state index in [4.69, 9.17) is 4.74 Å². The second-order valence-electron chi connectivity index (χ2n) is 6.75. The smallest absolute Gasteiger partial charge is 0.339 e. The Morgan fingerprint density at radius 3 is 2.26 bits per heavy atom. The lowest BCUT2D eigenvalue weighted by atomic mass is 10.1. The van der Waals surface area contributed by atoms with Crippen molar-refractivity contribution in [1.82, 2.24) is 5.32 Å². The third-order valence-electron chi connectivity index (χ3n) is 4.11. The van der Waals surface area contributed by atoms with Gasteiger partial charge in [0.25, 0.3) is 5.91 Å². The van der Waals surface area contributed by atoms with Crippen LogP contribution in [-0.2, 0) is 25.1 Å². The Morgan fingerprint density at radius 1 is 1.07 bits per heavy atom. The molecule has 2 aromatic rings. The average Bonchev–Trinajstić information content (AvgIpc) is 3.43. The summed E-state index contributed by atoms with van der Waals surface area (Å²) in [6, 6.07) is 15.1. The number of rotatable bonds is 7. The number of ether oxygens (including phenoxy) is 1. The standard InChI is InChI=1S/C20H21NO5S/c1-27(24,25)13-14-7-9-16(10-8-14)20(23)26-18(15-5-3-2-4-6-15)19(22)21-17-11-12-17/h2-10,17-18H,11-13H2,1H3,(H,21,22)/t18-/m1/s1. The maximum absolute atomic E-state index is 12.5. The van der Waals surface area contributed by atoms with Crippen LogP contribution in [0.4, 0.5) is 0 Å². The fraction of sp³-hybridized carbons (Fsp3) is 0.300. The van der Waals surface area contributed by atoms with E-state index in [1.165, 1.54) is 12.1 Å². The van der Waals surface area contributed by atoms with Crippen LogP contribution in [0.15, 0.2) is 54.6 Å². The highest BCUT2D eigenvalue weighted by molar-refractivity contribution is 7.89. The van der Waals surface area contributed by atoms with Gasteiger partial charge >= 0.3 is 5.97 Å². The molecule has 1 atom stereocenters. The number of benzene rings is 2. The number of nitrogens with one attached hydrogen (secondary N) is 1. The van der Waals surface area contributed by atoms with Crippen LogP contribution in [0.25, 0.3) is 0 Å². The maximum atomic E-state index is 12.5. The van der Waals surface area contributed by atoms with Crippen molar-refractivity contribution in [2.24, 2.45) is 0 Å². The van der Waals surface area contributed by atoms with Crippen molar-refractivity contribution in [2.75, 3.05) is 6.26 Å². The molecule has 27 heavy (non-hydrogen) atoms. The first kappa shape index (κ1) is 19.1. The summed E-state index contributed by atoms with van der Waals surface area (Å²) >= 11 is 0. The molecule has 0 unspecified atom stereocenters. The summed E-state index contributed by atoms with van der Waals surface area (Å²) in [5.74, 6) is -1.08. The van der Waals surface area contributed by atoms with Gasteiger partial charge in [-0.25, -0.2) is 13.2 Å². The minimum absolute atomic E-state index is 0.0985. The van der Waals surface area contributed by atoms with Crippen molar-refractivity contribution < 1.29 is 22.7 Å². The molecule has 1 saturated carbocycles. The molecule has 7 heteroatoms. The number of hydrogen-bond donors (Lipinski definition) is 1. The minimum atomic E-state index is -3.15. The lowest BCUT2D eigenvalue weighted by Gasteiger charge is -2.18. The molecule has 1 N–H and O–H groups in total. The van der Waals surface area contributed by atoms with Crippen LogP contribution < -0.4 is 5.32 Å². The van der Waals surface area contributed by atoms with E-state index < -0.39 is 21.9 Å². The van der Waals surface area contributed by atoms with E-state index in [1.807, 2.05) is 6.07 Å². The summed E-state index contributed by atoms with van der Waals surface area (Å²) in [7, 11) is -3.15. The maximum Gasteiger partial charge on any atom is 0.339 e. The molecule has 1 aliphatic rings. The van der Waals surface area contributed by atoms with Crippen molar-refractivity contribution in [1.29, 1.82) is 0 Å². The van der Waals surface area contributed by atoms with Gasteiger partial charge in [0.05, 0.1) is 11.3 Å². The molecule has 1 fully saturated rings. The van der Waals surface area contributed by atoms with E-state index in [9.17, 15) is 18.0 Å². The van der Waals surface area contributed by atoms with E-state index >= 15 is 0 Å². The Balaban J connectivity index is 1.74. The van der Waals surface area contributed by atoms with Gasteiger partial charge in [0.15, 0.2) is 9.84 Å². The molecule has 0 spiro atoms. The van der Waals surface area contributed by atoms with Crippen LogP contribution in [0.2, 0.25) is 0 Å². The van der Waals surface area contributed by atoms with E-state index in [0.29, 0.717) is 11.1 Å². The molecule has 0 aromatic heterocycles. The van der Waals surface area contributed by atoms with E-state index in [2.05, 4.69) is 5.32 Å². The topological polar surface area (TPSA) is 89.5 Å². The molecule has 2 aromatic carbocycles. The van der Waals surface area contributed by atoms with Gasteiger partial charge in [-0.15, -0.1) is 0 Å². The number of carbonyl (C=O) groups is 2. The lowest BCUT2D eigenvalue weighted by Crippen LogP contribution is -2.33. The summed E-state index contributed by atoms with van der Waals surface area (Å²) < 4.78 is 28.2. The molecule has 1 aliphatic carbocycles. The number of amides is 1. The summed E-state index contributed by atoms with van der Waals surface area (Å²) in [5, 5.41) is 2.86. The van der Waals surface area contributed by atoms with Gasteiger partial charge in [-0.3, -0.25) is 4.79 Å². The molecule has 0 saturated heterocycles. The van der Waals surface area contributed by atoms with Crippen LogP contribution >= 0.6 is 0 Å². The highest BCUT2D eigenvalue weighted by atomic mass is 32.2. The van der Waals surface area contributed by atoms with Crippen LogP contribution in [0.5, 0.6) is 0 Å². The molecule has 142 valence electrons. The average molecular weight is 387 g/mol. The third-order valence-corrected chi connectivity index (χ3v) is 4.97. The van der Waals surface area contributed by atoms with E-state index in [0.717, 1.165) is 19.1 Å². The van der Waals surface area contributed by atoms with Gasteiger partial charge in [0.2, 0.25) is 6.10 Å². The summed E-state index contributed by atoms with van der Waals surface area (Å²) in [6.07, 6.45) is 1.99. The van der Waals surface area contributed by atoms with Crippen LogP contribution in [0.1, 0.15) is 40.4 Å². The van der Waals surface area contributed by atoms with E-state index in [-0.39, 0.29) is 23.3 Å². The number of sulfone groups is 1. The second-order valence-corrected chi connectivity index (χ2v) is 8.89. The Hall–Kier alpha value is -2.67. The fourth-order valence-corrected chi connectivity index (χ4v) is 3.42. The molecule has 0 aliphatic heterocycles. The van der Waals surface area contributed by atoms with Gasteiger partial charge < -0.3 is 10.1 Å². The molecular weight excluding hydrogens is 366 g/mol. The predicted octanol–water partition coefficient (Wildman–Crippen LogP) is 2.41. The third kappa shape index (κ3) is 5.65. The van der Waals surface area contributed by atoms with Crippen molar-refractivity contribution >= 4 is 21.7 Å². The van der Waals surface area contributed by atoms with Gasteiger partial charge in [-0.1, -0.05) is 42.5 Å². The molecule has 6 nitrogen and oxygen atoms in total. The zero-order chi connectivity index (χ0) is 19.4. The number of esters is 1. The number of hydrogen-bond acceptors (Lipinski definition) is 5. The van der Waals surface area contributed by atoms with Crippen molar-refractivity contribution in [3.63, 3.8) is 0 Å². The van der Waals surface area contributed by atoms with Crippen LogP contribution in [-0.4, -0.2) is 32.6 Å². The SMILES string of the molecule is CS(=O)(=O)Cc1ccc(C(=O)O[C@@H](C(=O)NC2CC2)c2ccccc2)cc1. The first-order valence-electron chi connectivity index (χ1n) is 8.65. The van der Waals surface area contributed by atoms with Crippen LogP contribution in [0, 0.1) is 0 Å². The zero-order valence-electron chi connectivity index (χ0n) is 14.9. The van der Waals surface area contributed by atoms with Gasteiger partial charge in [0, 0.05) is 17.9 Å². The first-order chi connectivity index (χ1) is 12.8. The highest BCUT2D eigenvalue weighted by Gasteiger charge is 2.31. The van der Waals surface area contributed by atoms with Crippen LogP contribution in [0.3, 0.4) is 0 Å². The Labute approximate surface area is 158 Å². The van der Waals surface area contributed by atoms with Crippen molar-refractivity contribution in [3.8, 4) is 0 Å². The molecule has 3 rings (SSSR count). The minimum Gasteiger partial charge on any atom is -0.444 e. The molecule has 1 amide bonds.